The fraction of sp³-hybridized carbons (Fsp3) is 0.846. The van der Waals surface area contributed by atoms with Gasteiger partial charge in [0.1, 0.15) is 0 Å². The smallest absolute Gasteiger partial charge is 0.234 e. The summed E-state index contributed by atoms with van der Waals surface area (Å²) in [5, 5.41) is 2.88. The van der Waals surface area contributed by atoms with E-state index in [0.717, 1.165) is 19.5 Å². The minimum absolute atomic E-state index is 0.0414. The maximum Gasteiger partial charge on any atom is 0.234 e. The third-order valence-corrected chi connectivity index (χ3v) is 2.72. The van der Waals surface area contributed by atoms with Crippen LogP contribution in [0.5, 0.6) is 0 Å². The first-order chi connectivity index (χ1) is 8.95. The number of hydrogen-bond donors (Lipinski definition) is 2. The lowest BCUT2D eigenvalue weighted by Crippen LogP contribution is -2.40. The van der Waals surface area contributed by atoms with Crippen molar-refractivity contribution < 1.29 is 9.53 Å². The maximum atomic E-state index is 11.8. The molecule has 0 unspecified atom stereocenters. The lowest BCUT2D eigenvalue weighted by atomic mass is 10.2. The van der Waals surface area contributed by atoms with E-state index in [9.17, 15) is 4.79 Å². The number of hydrogen-bond acceptors (Lipinski definition) is 4. The Kier molecular flexibility index (Phi) is 10.7. The third kappa shape index (κ3) is 12.1. The number of methoxy groups -OCH3 is 1. The molecule has 0 fully saturated rings. The third-order valence-electron chi connectivity index (χ3n) is 2.51. The minimum atomic E-state index is 0.0414. The average molecular weight is 289 g/mol. The Bertz CT molecular complexity index is 273. The van der Waals surface area contributed by atoms with Gasteiger partial charge in [-0.25, -0.2) is 0 Å². The first-order valence-electron chi connectivity index (χ1n) is 6.72. The van der Waals surface area contributed by atoms with E-state index < -0.39 is 0 Å². The van der Waals surface area contributed by atoms with Crippen LogP contribution in [0.3, 0.4) is 0 Å². The minimum Gasteiger partial charge on any atom is -0.393 e. The van der Waals surface area contributed by atoms with E-state index in [1.807, 2.05) is 0 Å². The van der Waals surface area contributed by atoms with E-state index >= 15 is 0 Å². The van der Waals surface area contributed by atoms with Crippen LogP contribution in [0, 0.1) is 5.92 Å². The highest BCUT2D eigenvalue weighted by atomic mass is 32.1. The molecule has 5 nitrogen and oxygen atoms in total. The Balaban J connectivity index is 4.00. The predicted octanol–water partition coefficient (Wildman–Crippen LogP) is 0.773. The number of nitrogens with one attached hydrogen (secondary N) is 1. The zero-order valence-corrected chi connectivity index (χ0v) is 13.1. The molecule has 1 amide bonds. The Morgan fingerprint density at radius 1 is 1.47 bits per heavy atom. The first kappa shape index (κ1) is 18.3. The molecule has 0 bridgehead atoms. The molecule has 0 aromatic heterocycles. The first-order valence-corrected chi connectivity index (χ1v) is 7.12. The Labute approximate surface area is 121 Å². The zero-order chi connectivity index (χ0) is 14.7. The van der Waals surface area contributed by atoms with Gasteiger partial charge in [-0.15, -0.1) is 0 Å². The Hall–Kier alpha value is -0.720. The lowest BCUT2D eigenvalue weighted by Gasteiger charge is -2.23. The summed E-state index contributed by atoms with van der Waals surface area (Å²) in [7, 11) is 1.65. The summed E-state index contributed by atoms with van der Waals surface area (Å²) >= 11 is 4.88. The van der Waals surface area contributed by atoms with Gasteiger partial charge in [0.25, 0.3) is 0 Å². The highest BCUT2D eigenvalue weighted by Gasteiger charge is 2.12. The summed E-state index contributed by atoms with van der Waals surface area (Å²) in [5.41, 5.74) is 5.51. The molecule has 19 heavy (non-hydrogen) atoms. The number of carbonyl (C=O) groups is 1. The van der Waals surface area contributed by atoms with Crippen molar-refractivity contribution in [2.24, 2.45) is 11.7 Å². The zero-order valence-electron chi connectivity index (χ0n) is 12.3. The molecular weight excluding hydrogens is 262 g/mol. The van der Waals surface area contributed by atoms with Crippen molar-refractivity contribution in [2.75, 3.05) is 39.9 Å². The van der Waals surface area contributed by atoms with Crippen LogP contribution in [0.2, 0.25) is 0 Å². The summed E-state index contributed by atoms with van der Waals surface area (Å²) in [6.07, 6.45) is 1.48. The number of ether oxygens (including phenoxy) is 1. The molecule has 0 rings (SSSR count). The molecule has 0 radical (unpaired) electrons. The summed E-state index contributed by atoms with van der Waals surface area (Å²) in [4.78, 5) is 14.4. The molecule has 0 saturated heterocycles. The number of nitrogens with zero attached hydrogens (tertiary/aromatic N) is 1. The molecule has 0 atom stereocenters. The van der Waals surface area contributed by atoms with Gasteiger partial charge in [0.15, 0.2) is 0 Å². The molecule has 0 heterocycles. The van der Waals surface area contributed by atoms with Gasteiger partial charge in [-0.2, -0.15) is 0 Å². The van der Waals surface area contributed by atoms with Crippen LogP contribution in [-0.4, -0.2) is 55.7 Å². The number of nitrogens with two attached hydrogens (primary N) is 1. The Morgan fingerprint density at radius 2 is 2.16 bits per heavy atom. The summed E-state index contributed by atoms with van der Waals surface area (Å²) < 4.78 is 4.93. The van der Waals surface area contributed by atoms with Crippen LogP contribution >= 0.6 is 12.2 Å². The van der Waals surface area contributed by atoms with Crippen LogP contribution in [-0.2, 0) is 9.53 Å². The van der Waals surface area contributed by atoms with E-state index in [4.69, 9.17) is 22.7 Å². The van der Waals surface area contributed by atoms with Crippen molar-refractivity contribution in [1.82, 2.24) is 10.2 Å². The maximum absolute atomic E-state index is 11.8. The number of thiocarbonyl (C=S) groups is 1. The summed E-state index contributed by atoms with van der Waals surface area (Å²) in [6, 6.07) is 0. The summed E-state index contributed by atoms with van der Waals surface area (Å²) in [5.74, 6) is 0.548. The van der Waals surface area contributed by atoms with Crippen molar-refractivity contribution in [1.29, 1.82) is 0 Å². The number of amides is 1. The monoisotopic (exact) mass is 289 g/mol. The highest BCUT2D eigenvalue weighted by molar-refractivity contribution is 7.80. The molecule has 0 aliphatic heterocycles. The fourth-order valence-corrected chi connectivity index (χ4v) is 1.81. The molecule has 0 saturated carbocycles. The van der Waals surface area contributed by atoms with Crippen molar-refractivity contribution in [2.45, 2.75) is 26.7 Å². The second-order valence-corrected chi connectivity index (χ2v) is 5.57. The van der Waals surface area contributed by atoms with Gasteiger partial charge in [0.2, 0.25) is 5.91 Å². The molecule has 0 spiro atoms. The van der Waals surface area contributed by atoms with Gasteiger partial charge < -0.3 is 15.8 Å². The van der Waals surface area contributed by atoms with E-state index in [1.165, 1.54) is 0 Å². The van der Waals surface area contributed by atoms with Gasteiger partial charge in [-0.3, -0.25) is 9.69 Å². The van der Waals surface area contributed by atoms with Gasteiger partial charge in [0, 0.05) is 39.8 Å². The Morgan fingerprint density at radius 3 is 2.68 bits per heavy atom. The van der Waals surface area contributed by atoms with E-state index in [1.54, 1.807) is 7.11 Å². The SMILES string of the molecule is COCCCNC(=O)CN(CCC(N)=S)CC(C)C. The molecule has 3 N–H and O–H groups in total. The van der Waals surface area contributed by atoms with Gasteiger partial charge in [-0.05, 0) is 12.3 Å². The van der Waals surface area contributed by atoms with Crippen LogP contribution in [0.1, 0.15) is 26.7 Å². The number of carbonyl (C=O) groups excluding carboxylic acids is 1. The topological polar surface area (TPSA) is 67.6 Å². The predicted molar refractivity (Wildman–Crippen MR) is 82.2 cm³/mol. The standard InChI is InChI=1S/C13H27N3O2S/c1-11(2)9-16(7-5-12(14)19)10-13(17)15-6-4-8-18-3/h11H,4-10H2,1-3H3,(H2,14,19)(H,15,17). The van der Waals surface area contributed by atoms with Gasteiger partial charge in [-0.1, -0.05) is 26.1 Å². The van der Waals surface area contributed by atoms with Crippen LogP contribution in [0.25, 0.3) is 0 Å². The molecule has 0 aliphatic rings. The second kappa shape index (κ2) is 11.1. The molecule has 0 aliphatic carbocycles. The van der Waals surface area contributed by atoms with Crippen LogP contribution in [0.4, 0.5) is 0 Å². The fourth-order valence-electron chi connectivity index (χ4n) is 1.72. The van der Waals surface area contributed by atoms with Crippen molar-refractivity contribution in [3.05, 3.63) is 0 Å². The molecular formula is C13H27N3O2S. The van der Waals surface area contributed by atoms with Crippen LogP contribution < -0.4 is 11.1 Å². The van der Waals surface area contributed by atoms with Crippen molar-refractivity contribution in [3.63, 3.8) is 0 Å². The molecule has 0 aromatic carbocycles. The van der Waals surface area contributed by atoms with Crippen molar-refractivity contribution in [3.8, 4) is 0 Å². The number of rotatable bonds is 11. The normalized spacial score (nSPS) is 11.0. The molecule has 0 aromatic rings. The van der Waals surface area contributed by atoms with Crippen molar-refractivity contribution >= 4 is 23.1 Å². The van der Waals surface area contributed by atoms with Crippen LogP contribution in [0.15, 0.2) is 0 Å². The van der Waals surface area contributed by atoms with E-state index in [0.29, 0.717) is 37.0 Å². The average Bonchev–Trinajstić information content (AvgIpc) is 2.31. The second-order valence-electron chi connectivity index (χ2n) is 5.04. The quantitative estimate of drug-likeness (QED) is 0.434. The highest BCUT2D eigenvalue weighted by Crippen LogP contribution is 2.00. The van der Waals surface area contributed by atoms with E-state index in [-0.39, 0.29) is 5.91 Å². The molecule has 6 heteroatoms. The van der Waals surface area contributed by atoms with Gasteiger partial charge >= 0.3 is 0 Å². The van der Waals surface area contributed by atoms with Gasteiger partial charge in [0.05, 0.1) is 11.5 Å². The molecule has 112 valence electrons. The van der Waals surface area contributed by atoms with E-state index in [2.05, 4.69) is 24.1 Å². The summed E-state index contributed by atoms with van der Waals surface area (Å²) in [6.45, 7) is 7.57. The lowest BCUT2D eigenvalue weighted by molar-refractivity contribution is -0.122. The largest absolute Gasteiger partial charge is 0.393 e.